The lowest BCUT2D eigenvalue weighted by atomic mass is 9.66. The SMILES string of the molecule is CC1(C)c2cc(N(c3ccccc3)c3ccccc3)ccc2-c2ccc(C3(c4ccc(-c5ccccc5)cc4)c4ccccc4-c4c3ccc3c4Sc4ccccc4S3)cc21. The van der Waals surface area contributed by atoms with Gasteiger partial charge in [0.05, 0.1) is 5.41 Å². The highest BCUT2D eigenvalue weighted by molar-refractivity contribution is 8.05. The van der Waals surface area contributed by atoms with Gasteiger partial charge in [-0.05, 0) is 116 Å². The van der Waals surface area contributed by atoms with E-state index in [9.17, 15) is 0 Å². The first kappa shape index (κ1) is 36.3. The normalized spacial score (nSPS) is 16.1. The summed E-state index contributed by atoms with van der Waals surface area (Å²) in [5.41, 5.74) is 18.4. The van der Waals surface area contributed by atoms with E-state index in [1.807, 2.05) is 23.5 Å². The first-order valence-corrected chi connectivity index (χ1v) is 22.7. The Hall–Kier alpha value is -6.52. The smallest absolute Gasteiger partial charge is 0.0714 e. The third-order valence-electron chi connectivity index (χ3n) is 13.2. The van der Waals surface area contributed by atoms with Crippen LogP contribution in [-0.4, -0.2) is 0 Å². The van der Waals surface area contributed by atoms with E-state index in [4.69, 9.17) is 0 Å². The number of para-hydroxylation sites is 2. The fourth-order valence-electron chi connectivity index (χ4n) is 10.4. The van der Waals surface area contributed by atoms with Gasteiger partial charge in [0.1, 0.15) is 0 Å². The predicted octanol–water partition coefficient (Wildman–Crippen LogP) is 16.1. The summed E-state index contributed by atoms with van der Waals surface area (Å²) in [6, 6.07) is 79.0. The average Bonchev–Trinajstić information content (AvgIpc) is 3.75. The zero-order valence-corrected chi connectivity index (χ0v) is 35.6. The van der Waals surface area contributed by atoms with Crippen molar-refractivity contribution in [1.82, 2.24) is 0 Å². The fraction of sp³-hybridized carbons (Fsp3) is 0.0690. The zero-order valence-electron chi connectivity index (χ0n) is 34.0. The monoisotopic (exact) mass is 815 g/mol. The maximum Gasteiger partial charge on any atom is 0.0714 e. The summed E-state index contributed by atoms with van der Waals surface area (Å²) in [7, 11) is 0. The lowest BCUT2D eigenvalue weighted by Gasteiger charge is -2.35. The molecule has 290 valence electrons. The summed E-state index contributed by atoms with van der Waals surface area (Å²) in [6.45, 7) is 4.83. The van der Waals surface area contributed by atoms with Gasteiger partial charge in [-0.2, -0.15) is 0 Å². The Morgan fingerprint density at radius 1 is 0.361 bits per heavy atom. The summed E-state index contributed by atoms with van der Waals surface area (Å²) in [4.78, 5) is 7.71. The van der Waals surface area contributed by atoms with Crippen LogP contribution >= 0.6 is 23.5 Å². The Morgan fingerprint density at radius 2 is 0.918 bits per heavy atom. The number of nitrogens with zero attached hydrogens (tertiary/aromatic N) is 1. The van der Waals surface area contributed by atoms with Crippen molar-refractivity contribution in [3.05, 3.63) is 246 Å². The van der Waals surface area contributed by atoms with Gasteiger partial charge in [0.25, 0.3) is 0 Å². The van der Waals surface area contributed by atoms with Crippen molar-refractivity contribution in [1.29, 1.82) is 0 Å². The second-order valence-electron chi connectivity index (χ2n) is 16.8. The van der Waals surface area contributed by atoms with E-state index in [-0.39, 0.29) is 5.41 Å². The Balaban J connectivity index is 1.06. The maximum absolute atomic E-state index is 2.56. The molecular weight excluding hydrogens is 775 g/mol. The molecule has 61 heavy (non-hydrogen) atoms. The standard InChI is InChI=1S/C58H41NS2/c1-57(2)50-36-41(30-32-45(50)46-33-31-44(37-51(46)57)59(42-18-8-4-9-19-42)43-20-10-5-11-21-43)58(40-28-26-39(27-29-40)38-16-6-3-7-17-38)48-23-13-12-22-47(48)55-49(58)34-35-54-56(55)61-53-25-15-14-24-52(53)60-54/h3-37H,1-2H3. The molecule has 0 aromatic heterocycles. The van der Waals surface area contributed by atoms with E-state index in [2.05, 4.69) is 231 Å². The van der Waals surface area contributed by atoms with E-state index in [0.29, 0.717) is 0 Å². The van der Waals surface area contributed by atoms with Crippen molar-refractivity contribution in [2.24, 2.45) is 0 Å². The van der Waals surface area contributed by atoms with E-state index in [1.165, 1.54) is 86.3 Å². The summed E-state index contributed by atoms with van der Waals surface area (Å²) < 4.78 is 0. The molecule has 0 radical (unpaired) electrons. The molecule has 0 spiro atoms. The molecule has 0 amide bonds. The van der Waals surface area contributed by atoms with Crippen LogP contribution in [0.4, 0.5) is 17.1 Å². The molecule has 1 nitrogen and oxygen atoms in total. The van der Waals surface area contributed by atoms with Crippen LogP contribution < -0.4 is 4.90 Å². The lowest BCUT2D eigenvalue weighted by molar-refractivity contribution is 0.655. The van der Waals surface area contributed by atoms with Crippen LogP contribution in [0, 0.1) is 0 Å². The van der Waals surface area contributed by atoms with Gasteiger partial charge in [-0.25, -0.2) is 0 Å². The fourth-order valence-corrected chi connectivity index (χ4v) is 12.8. The Morgan fingerprint density at radius 3 is 1.62 bits per heavy atom. The van der Waals surface area contributed by atoms with Crippen LogP contribution in [0.5, 0.6) is 0 Å². The number of hydrogen-bond donors (Lipinski definition) is 0. The van der Waals surface area contributed by atoms with E-state index < -0.39 is 5.41 Å². The zero-order chi connectivity index (χ0) is 40.7. The molecule has 1 unspecified atom stereocenters. The molecule has 0 saturated heterocycles. The van der Waals surface area contributed by atoms with Crippen molar-refractivity contribution in [3.63, 3.8) is 0 Å². The topological polar surface area (TPSA) is 3.24 Å². The van der Waals surface area contributed by atoms with Crippen LogP contribution in [0.2, 0.25) is 0 Å². The Labute approximate surface area is 366 Å². The summed E-state index contributed by atoms with van der Waals surface area (Å²) in [5.74, 6) is 0. The minimum absolute atomic E-state index is 0.249. The van der Waals surface area contributed by atoms with Gasteiger partial charge in [0.2, 0.25) is 0 Å². The minimum Gasteiger partial charge on any atom is -0.310 e. The van der Waals surface area contributed by atoms with E-state index in [0.717, 1.165) is 17.1 Å². The summed E-state index contributed by atoms with van der Waals surface area (Å²) >= 11 is 3.83. The van der Waals surface area contributed by atoms with E-state index >= 15 is 0 Å². The molecule has 0 saturated carbocycles. The van der Waals surface area contributed by atoms with Crippen molar-refractivity contribution < 1.29 is 0 Å². The van der Waals surface area contributed by atoms with Gasteiger partial charge >= 0.3 is 0 Å². The van der Waals surface area contributed by atoms with Gasteiger partial charge in [0.15, 0.2) is 0 Å². The van der Waals surface area contributed by atoms with Crippen molar-refractivity contribution in [3.8, 4) is 33.4 Å². The molecule has 12 rings (SSSR count). The Bertz CT molecular complexity index is 3120. The first-order chi connectivity index (χ1) is 30.0. The Kier molecular flexibility index (Phi) is 8.36. The lowest BCUT2D eigenvalue weighted by Crippen LogP contribution is -2.29. The quantitative estimate of drug-likeness (QED) is 0.165. The highest BCUT2D eigenvalue weighted by Crippen LogP contribution is 2.63. The molecule has 3 heteroatoms. The van der Waals surface area contributed by atoms with Crippen LogP contribution in [0.15, 0.2) is 232 Å². The number of rotatable bonds is 6. The predicted molar refractivity (Wildman–Crippen MR) is 256 cm³/mol. The van der Waals surface area contributed by atoms with Crippen LogP contribution in [-0.2, 0) is 10.8 Å². The molecule has 1 heterocycles. The van der Waals surface area contributed by atoms with Gasteiger partial charge in [-0.1, -0.05) is 195 Å². The molecule has 0 fully saturated rings. The first-order valence-electron chi connectivity index (χ1n) is 21.1. The summed E-state index contributed by atoms with van der Waals surface area (Å²) in [5, 5.41) is 0. The molecular formula is C58H41NS2. The van der Waals surface area contributed by atoms with Crippen LogP contribution in [0.25, 0.3) is 33.4 Å². The third-order valence-corrected chi connectivity index (χ3v) is 15.8. The number of fused-ring (bicyclic) bond motifs is 9. The summed E-state index contributed by atoms with van der Waals surface area (Å²) in [6.07, 6.45) is 0. The minimum atomic E-state index is -0.541. The van der Waals surface area contributed by atoms with Gasteiger partial charge in [-0.15, -0.1) is 0 Å². The second-order valence-corrected chi connectivity index (χ2v) is 19.0. The van der Waals surface area contributed by atoms with Crippen molar-refractivity contribution in [2.75, 3.05) is 4.90 Å². The van der Waals surface area contributed by atoms with Gasteiger partial charge in [-0.3, -0.25) is 0 Å². The molecule has 0 bridgehead atoms. The van der Waals surface area contributed by atoms with E-state index in [1.54, 1.807) is 0 Å². The van der Waals surface area contributed by atoms with Crippen molar-refractivity contribution >= 4 is 40.6 Å². The molecule has 2 aliphatic carbocycles. The highest BCUT2D eigenvalue weighted by atomic mass is 32.2. The number of benzene rings is 9. The maximum atomic E-state index is 2.56. The molecule has 9 aromatic carbocycles. The molecule has 9 aromatic rings. The van der Waals surface area contributed by atoms with Gasteiger partial charge in [0, 0.05) is 47.6 Å². The second kappa shape index (κ2) is 14.0. The number of hydrogen-bond acceptors (Lipinski definition) is 3. The van der Waals surface area contributed by atoms with Gasteiger partial charge < -0.3 is 4.90 Å². The molecule has 1 atom stereocenters. The van der Waals surface area contributed by atoms with Crippen molar-refractivity contribution in [2.45, 2.75) is 44.3 Å². The van der Waals surface area contributed by atoms with Crippen LogP contribution in [0.3, 0.4) is 0 Å². The largest absolute Gasteiger partial charge is 0.310 e. The average molecular weight is 816 g/mol. The third kappa shape index (κ3) is 5.50. The molecule has 0 N–H and O–H groups in total. The number of anilines is 3. The van der Waals surface area contributed by atoms with Crippen LogP contribution in [0.1, 0.15) is 47.2 Å². The molecule has 3 aliphatic rings. The highest BCUT2D eigenvalue weighted by Gasteiger charge is 2.49. The molecule has 1 aliphatic heterocycles.